The van der Waals surface area contributed by atoms with E-state index in [2.05, 4.69) is 0 Å². The molecule has 5 heteroatoms. The van der Waals surface area contributed by atoms with Gasteiger partial charge < -0.3 is 5.73 Å². The highest BCUT2D eigenvalue weighted by Gasteiger charge is 2.21. The van der Waals surface area contributed by atoms with Crippen molar-refractivity contribution in [3.63, 3.8) is 0 Å². The molecule has 0 aliphatic carbocycles. The van der Waals surface area contributed by atoms with E-state index in [1.165, 1.54) is 12.1 Å². The summed E-state index contributed by atoms with van der Waals surface area (Å²) in [5, 5.41) is -0.123. The second-order valence-electron chi connectivity index (χ2n) is 3.28. The normalized spacial score (nSPS) is 12.0. The lowest BCUT2D eigenvalue weighted by atomic mass is 10.3. The summed E-state index contributed by atoms with van der Waals surface area (Å²) in [5.74, 6) is 0. The van der Waals surface area contributed by atoms with Gasteiger partial charge in [-0.2, -0.15) is 0 Å². The molecule has 0 aliphatic heterocycles. The zero-order valence-electron chi connectivity index (χ0n) is 7.99. The largest absolute Gasteiger partial charge is 0.398 e. The summed E-state index contributed by atoms with van der Waals surface area (Å²) < 4.78 is 23.5. The summed E-state index contributed by atoms with van der Waals surface area (Å²) in [5.41, 5.74) is 5.81. The highest BCUT2D eigenvalue weighted by Crippen LogP contribution is 2.25. The lowest BCUT2D eigenvalue weighted by molar-refractivity contribution is 0.588. The van der Waals surface area contributed by atoms with Crippen molar-refractivity contribution < 1.29 is 8.42 Å². The number of nitrogen functional groups attached to an aromatic ring is 1. The Bertz CT molecular complexity index is 440. The van der Waals surface area contributed by atoms with Crippen LogP contribution in [0.5, 0.6) is 0 Å². The molecule has 0 saturated carbocycles. The fraction of sp³-hybridized carbons (Fsp3) is 0.333. The summed E-state index contributed by atoms with van der Waals surface area (Å²) in [6.07, 6.45) is 0. The van der Waals surface area contributed by atoms with Crippen LogP contribution >= 0.6 is 11.6 Å². The molecule has 2 N–H and O–H groups in total. The Labute approximate surface area is 88.8 Å². The van der Waals surface area contributed by atoms with Crippen LogP contribution in [0.2, 0.25) is 5.02 Å². The van der Waals surface area contributed by atoms with E-state index in [9.17, 15) is 8.42 Å². The molecule has 3 nitrogen and oxygen atoms in total. The van der Waals surface area contributed by atoms with Crippen molar-refractivity contribution in [3.8, 4) is 0 Å². The van der Waals surface area contributed by atoms with Gasteiger partial charge in [0.05, 0.1) is 15.8 Å². The van der Waals surface area contributed by atoms with Gasteiger partial charge in [-0.3, -0.25) is 0 Å². The van der Waals surface area contributed by atoms with Crippen LogP contribution in [-0.2, 0) is 9.84 Å². The van der Waals surface area contributed by atoms with Crippen LogP contribution in [0.15, 0.2) is 23.1 Å². The molecule has 0 fully saturated rings. The van der Waals surface area contributed by atoms with Crippen LogP contribution in [0.3, 0.4) is 0 Å². The van der Waals surface area contributed by atoms with Crippen molar-refractivity contribution in [2.45, 2.75) is 24.0 Å². The van der Waals surface area contributed by atoms with Crippen molar-refractivity contribution in [1.29, 1.82) is 0 Å². The third-order valence-corrected chi connectivity index (χ3v) is 4.35. The first-order chi connectivity index (χ1) is 6.35. The third kappa shape index (κ3) is 2.01. The first-order valence-corrected chi connectivity index (χ1v) is 6.07. The maximum absolute atomic E-state index is 11.8. The molecular formula is C9H12ClNO2S. The minimum Gasteiger partial charge on any atom is -0.398 e. The number of rotatable bonds is 2. The number of hydrogen-bond donors (Lipinski definition) is 1. The molecule has 0 amide bonds. The van der Waals surface area contributed by atoms with Crippen molar-refractivity contribution in [3.05, 3.63) is 23.2 Å². The summed E-state index contributed by atoms with van der Waals surface area (Å²) in [6, 6.07) is 4.44. The fourth-order valence-electron chi connectivity index (χ4n) is 1.01. The van der Waals surface area contributed by atoms with Gasteiger partial charge in [-0.15, -0.1) is 0 Å². The minimum atomic E-state index is -3.34. The average molecular weight is 234 g/mol. The van der Waals surface area contributed by atoms with Gasteiger partial charge in [0.15, 0.2) is 9.84 Å². The molecule has 78 valence electrons. The Balaban J connectivity index is 3.40. The van der Waals surface area contributed by atoms with Gasteiger partial charge in [0.25, 0.3) is 0 Å². The van der Waals surface area contributed by atoms with Crippen molar-refractivity contribution in [2.24, 2.45) is 0 Å². The monoisotopic (exact) mass is 233 g/mol. The Morgan fingerprint density at radius 3 is 2.43 bits per heavy atom. The molecule has 0 bridgehead atoms. The molecular weight excluding hydrogens is 222 g/mol. The number of benzene rings is 1. The summed E-state index contributed by atoms with van der Waals surface area (Å²) in [7, 11) is -3.34. The highest BCUT2D eigenvalue weighted by molar-refractivity contribution is 7.92. The summed E-state index contributed by atoms with van der Waals surface area (Å²) in [6.45, 7) is 3.21. The lowest BCUT2D eigenvalue weighted by Gasteiger charge is -2.10. The quantitative estimate of drug-likeness (QED) is 0.796. The van der Waals surface area contributed by atoms with Gasteiger partial charge in [0.1, 0.15) is 0 Å². The molecule has 0 aromatic heterocycles. The molecule has 0 heterocycles. The van der Waals surface area contributed by atoms with Crippen LogP contribution in [0.1, 0.15) is 13.8 Å². The van der Waals surface area contributed by atoms with Gasteiger partial charge in [-0.1, -0.05) is 11.6 Å². The van der Waals surface area contributed by atoms with Gasteiger partial charge in [-0.25, -0.2) is 8.42 Å². The van der Waals surface area contributed by atoms with Crippen LogP contribution in [-0.4, -0.2) is 13.7 Å². The van der Waals surface area contributed by atoms with E-state index in [0.717, 1.165) is 0 Å². The summed E-state index contributed by atoms with van der Waals surface area (Å²) in [4.78, 5) is 0.111. The molecule has 0 radical (unpaired) electrons. The van der Waals surface area contributed by atoms with E-state index in [1.54, 1.807) is 19.9 Å². The van der Waals surface area contributed by atoms with E-state index in [4.69, 9.17) is 17.3 Å². The number of sulfone groups is 1. The van der Waals surface area contributed by atoms with E-state index in [1.807, 2.05) is 0 Å². The van der Waals surface area contributed by atoms with E-state index in [0.29, 0.717) is 5.02 Å². The Morgan fingerprint density at radius 2 is 1.93 bits per heavy atom. The predicted molar refractivity (Wildman–Crippen MR) is 58.2 cm³/mol. The molecule has 0 aliphatic rings. The third-order valence-electron chi connectivity index (χ3n) is 1.90. The number of hydrogen-bond acceptors (Lipinski definition) is 3. The predicted octanol–water partition coefficient (Wildman–Crippen LogP) is 2.10. The van der Waals surface area contributed by atoms with Crippen molar-refractivity contribution in [2.75, 3.05) is 5.73 Å². The van der Waals surface area contributed by atoms with E-state index in [-0.39, 0.29) is 10.6 Å². The van der Waals surface area contributed by atoms with Crippen LogP contribution in [0.4, 0.5) is 5.69 Å². The molecule has 14 heavy (non-hydrogen) atoms. The standard InChI is InChI=1S/C9H12ClNO2S/c1-6(2)14(12,13)9-5-7(10)3-4-8(9)11/h3-6H,11H2,1-2H3. The lowest BCUT2D eigenvalue weighted by Crippen LogP contribution is -2.15. The summed E-state index contributed by atoms with van der Waals surface area (Å²) >= 11 is 5.71. The van der Waals surface area contributed by atoms with Crippen LogP contribution in [0, 0.1) is 0 Å². The first kappa shape index (κ1) is 11.3. The van der Waals surface area contributed by atoms with Gasteiger partial charge in [0, 0.05) is 5.02 Å². The zero-order valence-corrected chi connectivity index (χ0v) is 9.56. The van der Waals surface area contributed by atoms with E-state index >= 15 is 0 Å². The molecule has 1 rings (SSSR count). The van der Waals surface area contributed by atoms with E-state index < -0.39 is 15.1 Å². The number of halogens is 1. The maximum atomic E-state index is 11.8. The molecule has 0 spiro atoms. The fourth-order valence-corrected chi connectivity index (χ4v) is 2.44. The second-order valence-corrected chi connectivity index (χ2v) is 6.19. The zero-order chi connectivity index (χ0) is 10.9. The molecule has 0 unspecified atom stereocenters. The van der Waals surface area contributed by atoms with Crippen LogP contribution in [0.25, 0.3) is 0 Å². The Morgan fingerprint density at radius 1 is 1.36 bits per heavy atom. The average Bonchev–Trinajstić information content (AvgIpc) is 2.08. The first-order valence-electron chi connectivity index (χ1n) is 4.14. The van der Waals surface area contributed by atoms with Crippen LogP contribution < -0.4 is 5.73 Å². The maximum Gasteiger partial charge on any atom is 0.182 e. The van der Waals surface area contributed by atoms with Crippen molar-refractivity contribution in [1.82, 2.24) is 0 Å². The van der Waals surface area contributed by atoms with Crippen molar-refractivity contribution >= 4 is 27.1 Å². The van der Waals surface area contributed by atoms with Gasteiger partial charge in [0.2, 0.25) is 0 Å². The smallest absolute Gasteiger partial charge is 0.182 e. The highest BCUT2D eigenvalue weighted by atomic mass is 35.5. The van der Waals surface area contributed by atoms with Gasteiger partial charge in [-0.05, 0) is 32.0 Å². The topological polar surface area (TPSA) is 60.2 Å². The molecule has 0 saturated heterocycles. The number of anilines is 1. The molecule has 1 aromatic carbocycles. The van der Waals surface area contributed by atoms with Gasteiger partial charge >= 0.3 is 0 Å². The SMILES string of the molecule is CC(C)S(=O)(=O)c1cc(Cl)ccc1N. The molecule has 1 aromatic rings. The second kappa shape index (κ2) is 3.79. The minimum absolute atomic E-state index is 0.111. The number of nitrogens with two attached hydrogens (primary N) is 1. The Kier molecular flexibility index (Phi) is 3.07. The Hall–Kier alpha value is -0.740. The molecule has 0 atom stereocenters.